The number of phenols is 2. The van der Waals surface area contributed by atoms with Crippen molar-refractivity contribution in [2.45, 2.75) is 52.4 Å². The maximum Gasteiger partial charge on any atom is 0.233 e. The number of phenolic OH excluding ortho intramolecular Hbond substituents is 2. The first-order valence-corrected chi connectivity index (χ1v) is 8.58. The Kier molecular flexibility index (Phi) is 5.00. The number of Topliss-reactive ketones (excluding diaryl/α,β-unsaturated/α-hetero) is 2. The van der Waals surface area contributed by atoms with Gasteiger partial charge in [0, 0.05) is 11.1 Å². The van der Waals surface area contributed by atoms with Crippen LogP contribution in [0.1, 0.15) is 73.4 Å². The van der Waals surface area contributed by atoms with Crippen molar-refractivity contribution in [3.05, 3.63) is 58.7 Å². The first-order valence-electron chi connectivity index (χ1n) is 8.58. The number of hydrogen-bond acceptors (Lipinski definition) is 4. The molecule has 2 N–H and O–H groups in total. The predicted octanol–water partition coefficient (Wildman–Crippen LogP) is 4.76. The van der Waals surface area contributed by atoms with E-state index in [4.69, 9.17) is 0 Å². The second-order valence-electron chi connectivity index (χ2n) is 8.62. The third-order valence-electron chi connectivity index (χ3n) is 4.32. The molecule has 4 nitrogen and oxygen atoms in total. The molecule has 0 aliphatic carbocycles. The highest BCUT2D eigenvalue weighted by atomic mass is 16.3. The summed E-state index contributed by atoms with van der Waals surface area (Å²) in [6.45, 7) is 11.5. The van der Waals surface area contributed by atoms with Gasteiger partial charge in [0.2, 0.25) is 11.6 Å². The van der Waals surface area contributed by atoms with Gasteiger partial charge in [0.15, 0.2) is 0 Å². The average molecular weight is 354 g/mol. The molecular formula is C22H26O4. The summed E-state index contributed by atoms with van der Waals surface area (Å²) in [5.74, 6) is -1.13. The second kappa shape index (κ2) is 6.60. The van der Waals surface area contributed by atoms with E-state index in [9.17, 15) is 19.8 Å². The van der Waals surface area contributed by atoms with E-state index in [0.717, 1.165) is 0 Å². The first-order chi connectivity index (χ1) is 11.8. The quantitative estimate of drug-likeness (QED) is 0.616. The summed E-state index contributed by atoms with van der Waals surface area (Å²) in [5, 5.41) is 19.6. The molecule has 0 aromatic heterocycles. The van der Waals surface area contributed by atoms with Gasteiger partial charge in [-0.3, -0.25) is 9.59 Å². The van der Waals surface area contributed by atoms with Crippen molar-refractivity contribution in [1.82, 2.24) is 0 Å². The van der Waals surface area contributed by atoms with Crippen molar-refractivity contribution in [2.75, 3.05) is 0 Å². The molecule has 0 saturated heterocycles. The lowest BCUT2D eigenvalue weighted by molar-refractivity contribution is 0.0814. The Morgan fingerprint density at radius 1 is 0.654 bits per heavy atom. The van der Waals surface area contributed by atoms with Gasteiger partial charge in [0.1, 0.15) is 11.5 Å². The van der Waals surface area contributed by atoms with Crippen molar-refractivity contribution in [1.29, 1.82) is 0 Å². The summed E-state index contributed by atoms with van der Waals surface area (Å²) < 4.78 is 0. The number of hydrogen-bond donors (Lipinski definition) is 2. The normalized spacial score (nSPS) is 12.1. The lowest BCUT2D eigenvalue weighted by atomic mass is 9.79. The molecule has 0 radical (unpaired) electrons. The fourth-order valence-corrected chi connectivity index (χ4v) is 2.95. The van der Waals surface area contributed by atoms with Crippen LogP contribution in [-0.2, 0) is 10.8 Å². The molecule has 0 saturated carbocycles. The summed E-state index contributed by atoms with van der Waals surface area (Å²) in [5.41, 5.74) is 0.984. The Labute approximate surface area is 154 Å². The van der Waals surface area contributed by atoms with E-state index in [1.54, 1.807) is 0 Å². The lowest BCUT2D eigenvalue weighted by Gasteiger charge is -2.24. The van der Waals surface area contributed by atoms with Gasteiger partial charge in [0.25, 0.3) is 0 Å². The lowest BCUT2D eigenvalue weighted by Crippen LogP contribution is -2.24. The molecule has 0 unspecified atom stereocenters. The highest BCUT2D eigenvalue weighted by Gasteiger charge is 2.30. The number of carbonyl (C=O) groups excluding carboxylic acids is 2. The molecule has 2 aromatic rings. The zero-order chi connectivity index (χ0) is 19.9. The third kappa shape index (κ3) is 3.96. The van der Waals surface area contributed by atoms with Crippen molar-refractivity contribution < 1.29 is 19.8 Å². The molecule has 0 bridgehead atoms. The van der Waals surface area contributed by atoms with Crippen molar-refractivity contribution in [2.24, 2.45) is 0 Å². The summed E-state index contributed by atoms with van der Waals surface area (Å²) in [6.07, 6.45) is 0. The van der Waals surface area contributed by atoms with Crippen LogP contribution in [0.3, 0.4) is 0 Å². The molecule has 0 aliphatic heterocycles. The van der Waals surface area contributed by atoms with Crippen LogP contribution in [0.5, 0.6) is 11.5 Å². The van der Waals surface area contributed by atoms with Crippen molar-refractivity contribution in [3.63, 3.8) is 0 Å². The van der Waals surface area contributed by atoms with Gasteiger partial charge in [-0.15, -0.1) is 0 Å². The second-order valence-corrected chi connectivity index (χ2v) is 8.62. The summed E-state index contributed by atoms with van der Waals surface area (Å²) in [4.78, 5) is 26.0. The maximum atomic E-state index is 13.0. The molecule has 138 valence electrons. The molecular weight excluding hydrogens is 328 g/mol. The number of ketones is 2. The van der Waals surface area contributed by atoms with Gasteiger partial charge >= 0.3 is 0 Å². The largest absolute Gasteiger partial charge is 0.508 e. The van der Waals surface area contributed by atoms with E-state index in [2.05, 4.69) is 0 Å². The standard InChI is InChI=1S/C22H26O4/c1-21(2,3)17-11-13(23)7-9-15(17)19(25)20(26)16-10-8-14(24)12-18(16)22(4,5)6/h7-12,23-24H,1-6H3. The van der Waals surface area contributed by atoms with Crippen LogP contribution in [0.25, 0.3) is 0 Å². The van der Waals surface area contributed by atoms with Crippen LogP contribution in [0.2, 0.25) is 0 Å². The Hall–Kier alpha value is -2.62. The molecule has 0 spiro atoms. The summed E-state index contributed by atoms with van der Waals surface area (Å²) in [6, 6.07) is 8.87. The molecule has 2 rings (SSSR count). The minimum Gasteiger partial charge on any atom is -0.508 e. The molecule has 0 heterocycles. The maximum absolute atomic E-state index is 13.0. The smallest absolute Gasteiger partial charge is 0.233 e. The highest BCUT2D eigenvalue weighted by Crippen LogP contribution is 2.32. The number of carbonyl (C=O) groups is 2. The minimum atomic E-state index is -0.619. The zero-order valence-electron chi connectivity index (χ0n) is 16.2. The Balaban J connectivity index is 2.59. The van der Waals surface area contributed by atoms with Gasteiger partial charge in [-0.1, -0.05) is 41.5 Å². The first kappa shape index (κ1) is 19.7. The Morgan fingerprint density at radius 2 is 0.962 bits per heavy atom. The molecule has 26 heavy (non-hydrogen) atoms. The topological polar surface area (TPSA) is 74.6 Å². The SMILES string of the molecule is CC(C)(C)c1cc(O)ccc1C(=O)C(=O)c1ccc(O)cc1C(C)(C)C. The zero-order valence-corrected chi connectivity index (χ0v) is 16.2. The van der Waals surface area contributed by atoms with Crippen molar-refractivity contribution in [3.8, 4) is 11.5 Å². The van der Waals surface area contributed by atoms with Crippen LogP contribution < -0.4 is 0 Å². The van der Waals surface area contributed by atoms with Gasteiger partial charge < -0.3 is 10.2 Å². The van der Waals surface area contributed by atoms with Crippen LogP contribution >= 0.6 is 0 Å². The van der Waals surface area contributed by atoms with Crippen LogP contribution in [0.4, 0.5) is 0 Å². The Bertz CT molecular complexity index is 791. The summed E-state index contributed by atoms with van der Waals surface area (Å²) >= 11 is 0. The summed E-state index contributed by atoms with van der Waals surface area (Å²) in [7, 11) is 0. The molecule has 0 atom stereocenters. The number of rotatable bonds is 3. The molecule has 2 aromatic carbocycles. The van der Waals surface area contributed by atoms with E-state index in [0.29, 0.717) is 11.1 Å². The van der Waals surface area contributed by atoms with Crippen LogP contribution in [-0.4, -0.2) is 21.8 Å². The fourth-order valence-electron chi connectivity index (χ4n) is 2.95. The van der Waals surface area contributed by atoms with E-state index in [-0.39, 0.29) is 22.6 Å². The fraction of sp³-hybridized carbons (Fsp3) is 0.364. The number of benzene rings is 2. The van der Waals surface area contributed by atoms with Gasteiger partial charge in [-0.2, -0.15) is 0 Å². The van der Waals surface area contributed by atoms with Crippen LogP contribution in [0, 0.1) is 0 Å². The van der Waals surface area contributed by atoms with Gasteiger partial charge in [0.05, 0.1) is 0 Å². The molecule has 0 fully saturated rings. The predicted molar refractivity (Wildman–Crippen MR) is 102 cm³/mol. The Morgan fingerprint density at radius 3 is 1.23 bits per heavy atom. The molecule has 4 heteroatoms. The average Bonchev–Trinajstić information content (AvgIpc) is 2.51. The van der Waals surface area contributed by atoms with E-state index in [1.807, 2.05) is 41.5 Å². The monoisotopic (exact) mass is 354 g/mol. The van der Waals surface area contributed by atoms with E-state index >= 15 is 0 Å². The third-order valence-corrected chi connectivity index (χ3v) is 4.32. The highest BCUT2D eigenvalue weighted by molar-refractivity contribution is 6.49. The van der Waals surface area contributed by atoms with Crippen LogP contribution in [0.15, 0.2) is 36.4 Å². The molecule has 0 amide bonds. The van der Waals surface area contributed by atoms with Gasteiger partial charge in [-0.05, 0) is 58.4 Å². The molecule has 0 aliphatic rings. The van der Waals surface area contributed by atoms with E-state index < -0.39 is 22.4 Å². The van der Waals surface area contributed by atoms with Gasteiger partial charge in [-0.25, -0.2) is 0 Å². The minimum absolute atomic E-state index is 0.0546. The van der Waals surface area contributed by atoms with E-state index in [1.165, 1.54) is 36.4 Å². The number of aromatic hydroxyl groups is 2. The van der Waals surface area contributed by atoms with Crippen molar-refractivity contribution >= 4 is 11.6 Å².